The summed E-state index contributed by atoms with van der Waals surface area (Å²) in [6, 6.07) is 3.96. The molecule has 0 aliphatic heterocycles. The summed E-state index contributed by atoms with van der Waals surface area (Å²) in [5.74, 6) is 6.21. The molecule has 0 saturated carbocycles. The molecule has 116 valence electrons. The van der Waals surface area contributed by atoms with Crippen molar-refractivity contribution in [3.05, 3.63) is 21.9 Å². The molecule has 1 aromatic heterocycles. The van der Waals surface area contributed by atoms with Crippen LogP contribution in [0, 0.1) is 17.8 Å². The first-order valence-electron chi connectivity index (χ1n) is 7.67. The van der Waals surface area contributed by atoms with Crippen molar-refractivity contribution < 1.29 is 9.90 Å². The molecule has 0 spiro atoms. The van der Waals surface area contributed by atoms with E-state index in [2.05, 4.69) is 31.0 Å². The smallest absolute Gasteiger partial charge is 0.223 e. The summed E-state index contributed by atoms with van der Waals surface area (Å²) in [7, 11) is 0. The molecular formula is C17H25NO2S. The zero-order chi connectivity index (χ0) is 15.5. The van der Waals surface area contributed by atoms with E-state index in [9.17, 15) is 4.79 Å². The third-order valence-corrected chi connectivity index (χ3v) is 4.32. The van der Waals surface area contributed by atoms with Crippen molar-refractivity contribution in [2.45, 2.75) is 52.5 Å². The van der Waals surface area contributed by atoms with Gasteiger partial charge in [-0.3, -0.25) is 4.79 Å². The van der Waals surface area contributed by atoms with Crippen LogP contribution in [0.3, 0.4) is 0 Å². The van der Waals surface area contributed by atoms with Crippen molar-refractivity contribution in [1.29, 1.82) is 0 Å². The number of unbranched alkanes of at least 4 members (excludes halogenated alkanes) is 1. The molecule has 1 amide bonds. The van der Waals surface area contributed by atoms with E-state index in [-0.39, 0.29) is 18.4 Å². The third-order valence-electron chi connectivity index (χ3n) is 3.32. The first kappa shape index (κ1) is 17.7. The van der Waals surface area contributed by atoms with Crippen LogP contribution in [0.15, 0.2) is 12.1 Å². The molecule has 1 rings (SSSR count). The third kappa shape index (κ3) is 6.79. The molecule has 21 heavy (non-hydrogen) atoms. The Balaban J connectivity index is 2.44. The summed E-state index contributed by atoms with van der Waals surface area (Å²) in [6.45, 7) is 4.89. The standard InChI is InChI=1S/C17H25NO2S/c1-3-5-8-14(4-2)17(20)18-13-16-11-10-15(21-16)9-6-7-12-19/h10-11,14,19H,3-5,7-8,12-13H2,1-2H3,(H,18,20). The maximum atomic E-state index is 12.1. The SMILES string of the molecule is CCCCC(CC)C(=O)NCc1ccc(C#CCCO)s1. The summed E-state index contributed by atoms with van der Waals surface area (Å²) in [5, 5.41) is 11.7. The Bertz CT molecular complexity index is 484. The molecule has 0 saturated heterocycles. The number of rotatable bonds is 8. The lowest BCUT2D eigenvalue weighted by Gasteiger charge is -2.13. The Hall–Kier alpha value is -1.31. The van der Waals surface area contributed by atoms with Crippen LogP contribution in [-0.4, -0.2) is 17.6 Å². The van der Waals surface area contributed by atoms with E-state index in [1.807, 2.05) is 12.1 Å². The van der Waals surface area contributed by atoms with Crippen LogP contribution >= 0.6 is 11.3 Å². The normalized spacial score (nSPS) is 11.6. The first-order valence-corrected chi connectivity index (χ1v) is 8.49. The van der Waals surface area contributed by atoms with Crippen LogP contribution in [0.25, 0.3) is 0 Å². The fraction of sp³-hybridized carbons (Fsp3) is 0.588. The van der Waals surface area contributed by atoms with Gasteiger partial charge in [-0.15, -0.1) is 11.3 Å². The second-order valence-corrected chi connectivity index (χ2v) is 6.17. The molecule has 1 aromatic rings. The summed E-state index contributed by atoms with van der Waals surface area (Å²) in [5.41, 5.74) is 0. The quantitative estimate of drug-likeness (QED) is 0.724. The van der Waals surface area contributed by atoms with Crippen molar-refractivity contribution in [2.24, 2.45) is 5.92 Å². The molecule has 0 fully saturated rings. The Morgan fingerprint density at radius 2 is 2.24 bits per heavy atom. The number of aliphatic hydroxyl groups is 1. The van der Waals surface area contributed by atoms with Gasteiger partial charge in [0.1, 0.15) is 0 Å². The fourth-order valence-electron chi connectivity index (χ4n) is 2.04. The second-order valence-electron chi connectivity index (χ2n) is 5.01. The predicted octanol–water partition coefficient (Wildman–Crippen LogP) is 3.31. The van der Waals surface area contributed by atoms with Gasteiger partial charge in [0.2, 0.25) is 5.91 Å². The Kier molecular flexibility index (Phi) is 8.80. The van der Waals surface area contributed by atoms with Gasteiger partial charge < -0.3 is 10.4 Å². The van der Waals surface area contributed by atoms with E-state index < -0.39 is 0 Å². The van der Waals surface area contributed by atoms with Crippen molar-refractivity contribution in [2.75, 3.05) is 6.61 Å². The maximum Gasteiger partial charge on any atom is 0.223 e. The van der Waals surface area contributed by atoms with E-state index in [0.29, 0.717) is 13.0 Å². The average Bonchev–Trinajstić information content (AvgIpc) is 2.94. The highest BCUT2D eigenvalue weighted by Gasteiger charge is 2.15. The minimum Gasteiger partial charge on any atom is -0.395 e. The fourth-order valence-corrected chi connectivity index (χ4v) is 2.86. The number of amides is 1. The minimum absolute atomic E-state index is 0.0947. The summed E-state index contributed by atoms with van der Waals surface area (Å²) < 4.78 is 0. The zero-order valence-corrected chi connectivity index (χ0v) is 13.8. The Morgan fingerprint density at radius 3 is 2.90 bits per heavy atom. The number of aliphatic hydroxyl groups excluding tert-OH is 1. The molecule has 1 atom stereocenters. The lowest BCUT2D eigenvalue weighted by Crippen LogP contribution is -2.29. The monoisotopic (exact) mass is 307 g/mol. The zero-order valence-electron chi connectivity index (χ0n) is 12.9. The van der Waals surface area contributed by atoms with Crippen molar-refractivity contribution in [1.82, 2.24) is 5.32 Å². The van der Waals surface area contributed by atoms with Gasteiger partial charge >= 0.3 is 0 Å². The van der Waals surface area contributed by atoms with Gasteiger partial charge in [0, 0.05) is 17.2 Å². The van der Waals surface area contributed by atoms with Gasteiger partial charge in [-0.2, -0.15) is 0 Å². The van der Waals surface area contributed by atoms with Crippen molar-refractivity contribution in [3.8, 4) is 11.8 Å². The number of hydrogen-bond donors (Lipinski definition) is 2. The number of nitrogens with one attached hydrogen (secondary N) is 1. The van der Waals surface area contributed by atoms with Crippen molar-refractivity contribution >= 4 is 17.2 Å². The predicted molar refractivity (Wildman–Crippen MR) is 88.1 cm³/mol. The van der Waals surface area contributed by atoms with Crippen LogP contribution in [0.1, 0.15) is 55.7 Å². The van der Waals surface area contributed by atoms with Crippen LogP contribution in [0.5, 0.6) is 0 Å². The molecule has 2 N–H and O–H groups in total. The largest absolute Gasteiger partial charge is 0.395 e. The topological polar surface area (TPSA) is 49.3 Å². The van der Waals surface area contributed by atoms with Gasteiger partial charge in [-0.25, -0.2) is 0 Å². The molecule has 4 heteroatoms. The molecular weight excluding hydrogens is 282 g/mol. The summed E-state index contributed by atoms with van der Waals surface area (Å²) in [6.07, 6.45) is 4.61. The molecule has 1 unspecified atom stereocenters. The van der Waals surface area contributed by atoms with Crippen LogP contribution in [0.4, 0.5) is 0 Å². The Morgan fingerprint density at radius 1 is 1.43 bits per heavy atom. The van der Waals surface area contributed by atoms with Crippen LogP contribution in [0.2, 0.25) is 0 Å². The average molecular weight is 307 g/mol. The summed E-state index contributed by atoms with van der Waals surface area (Å²) in [4.78, 5) is 14.2. The van der Waals surface area contributed by atoms with E-state index >= 15 is 0 Å². The van der Waals surface area contributed by atoms with Gasteiger partial charge in [-0.05, 0) is 25.0 Å². The molecule has 1 heterocycles. The highest BCUT2D eigenvalue weighted by molar-refractivity contribution is 7.12. The lowest BCUT2D eigenvalue weighted by atomic mass is 9.98. The number of carbonyl (C=O) groups is 1. The van der Waals surface area contributed by atoms with E-state index in [0.717, 1.165) is 35.4 Å². The molecule has 0 aliphatic carbocycles. The Labute approximate surface area is 131 Å². The molecule has 3 nitrogen and oxygen atoms in total. The summed E-state index contributed by atoms with van der Waals surface area (Å²) >= 11 is 1.59. The van der Waals surface area contributed by atoms with Crippen LogP contribution < -0.4 is 5.32 Å². The van der Waals surface area contributed by atoms with Gasteiger partial charge in [-0.1, -0.05) is 38.5 Å². The van der Waals surface area contributed by atoms with Gasteiger partial charge in [0.25, 0.3) is 0 Å². The molecule has 0 aliphatic rings. The highest BCUT2D eigenvalue weighted by Crippen LogP contribution is 2.16. The maximum absolute atomic E-state index is 12.1. The molecule has 0 radical (unpaired) electrons. The molecule has 0 aromatic carbocycles. The lowest BCUT2D eigenvalue weighted by molar-refractivity contribution is -0.125. The van der Waals surface area contributed by atoms with E-state index in [1.54, 1.807) is 11.3 Å². The van der Waals surface area contributed by atoms with Gasteiger partial charge in [0.15, 0.2) is 0 Å². The first-order chi connectivity index (χ1) is 10.2. The van der Waals surface area contributed by atoms with Gasteiger partial charge in [0.05, 0.1) is 18.0 Å². The number of hydrogen-bond acceptors (Lipinski definition) is 3. The van der Waals surface area contributed by atoms with E-state index in [1.165, 1.54) is 0 Å². The minimum atomic E-state index is 0.0947. The highest BCUT2D eigenvalue weighted by atomic mass is 32.1. The van der Waals surface area contributed by atoms with Crippen molar-refractivity contribution in [3.63, 3.8) is 0 Å². The molecule has 0 bridgehead atoms. The number of thiophene rings is 1. The van der Waals surface area contributed by atoms with Crippen LogP contribution in [-0.2, 0) is 11.3 Å². The second kappa shape index (κ2) is 10.4. The number of carbonyl (C=O) groups excluding carboxylic acids is 1. The van der Waals surface area contributed by atoms with E-state index in [4.69, 9.17) is 5.11 Å².